The van der Waals surface area contributed by atoms with Crippen molar-refractivity contribution in [3.05, 3.63) is 57.6 Å². The predicted molar refractivity (Wildman–Crippen MR) is 109 cm³/mol. The minimum absolute atomic E-state index is 0.146. The van der Waals surface area contributed by atoms with Crippen molar-refractivity contribution < 1.29 is 14.3 Å². The van der Waals surface area contributed by atoms with Gasteiger partial charge in [-0.15, -0.1) is 0 Å². The van der Waals surface area contributed by atoms with Crippen molar-refractivity contribution in [2.24, 2.45) is 5.10 Å². The number of ether oxygens (including phenoxy) is 2. The van der Waals surface area contributed by atoms with E-state index in [1.54, 1.807) is 49.4 Å². The van der Waals surface area contributed by atoms with E-state index < -0.39 is 0 Å². The molecule has 0 N–H and O–H groups in total. The Hall–Kier alpha value is -3.01. The number of hydrogen-bond donors (Lipinski definition) is 0. The molecule has 0 saturated carbocycles. The lowest BCUT2D eigenvalue weighted by Crippen LogP contribution is -2.21. The minimum atomic E-state index is -0.315. The van der Waals surface area contributed by atoms with Gasteiger partial charge in [0.25, 0.3) is 5.91 Å². The van der Waals surface area contributed by atoms with Crippen LogP contribution in [0.2, 0.25) is 10.0 Å². The zero-order chi connectivity index (χ0) is 20.3. The SMILES string of the molecule is COc1cccc(/C=C2/C(=O)N(c3ccc(Cl)c(Cl)c3)N=C2C)c1OCC#N. The van der Waals surface area contributed by atoms with Crippen molar-refractivity contribution in [3.8, 4) is 17.6 Å². The van der Waals surface area contributed by atoms with Crippen molar-refractivity contribution in [1.82, 2.24) is 0 Å². The lowest BCUT2D eigenvalue weighted by molar-refractivity contribution is -0.114. The minimum Gasteiger partial charge on any atom is -0.493 e. The number of amides is 1. The molecule has 0 aromatic heterocycles. The van der Waals surface area contributed by atoms with E-state index in [0.717, 1.165) is 0 Å². The van der Waals surface area contributed by atoms with Crippen molar-refractivity contribution in [1.29, 1.82) is 5.26 Å². The van der Waals surface area contributed by atoms with Crippen LogP contribution in [0.15, 0.2) is 47.1 Å². The van der Waals surface area contributed by atoms with Gasteiger partial charge in [-0.3, -0.25) is 4.79 Å². The van der Waals surface area contributed by atoms with Crippen LogP contribution in [0.1, 0.15) is 12.5 Å². The van der Waals surface area contributed by atoms with E-state index in [0.29, 0.717) is 44.1 Å². The molecule has 0 radical (unpaired) electrons. The van der Waals surface area contributed by atoms with Gasteiger partial charge in [-0.1, -0.05) is 35.3 Å². The summed E-state index contributed by atoms with van der Waals surface area (Å²) in [4.78, 5) is 12.9. The number of benzene rings is 2. The number of anilines is 1. The van der Waals surface area contributed by atoms with Crippen LogP contribution < -0.4 is 14.5 Å². The van der Waals surface area contributed by atoms with Crippen LogP contribution >= 0.6 is 23.2 Å². The summed E-state index contributed by atoms with van der Waals surface area (Å²) in [7, 11) is 1.50. The number of para-hydroxylation sites is 1. The van der Waals surface area contributed by atoms with E-state index in [9.17, 15) is 4.79 Å². The first-order chi connectivity index (χ1) is 13.5. The fourth-order valence-electron chi connectivity index (χ4n) is 2.70. The molecule has 0 fully saturated rings. The third-order valence-corrected chi connectivity index (χ3v) is 4.76. The number of hydrogen-bond acceptors (Lipinski definition) is 5. The molecule has 0 unspecified atom stereocenters. The number of carbonyl (C=O) groups excluding carboxylic acids is 1. The lowest BCUT2D eigenvalue weighted by Gasteiger charge is -2.13. The molecule has 1 heterocycles. The molecule has 1 amide bonds. The van der Waals surface area contributed by atoms with Gasteiger partial charge in [0.2, 0.25) is 0 Å². The third kappa shape index (κ3) is 3.81. The Labute approximate surface area is 172 Å². The van der Waals surface area contributed by atoms with Gasteiger partial charge in [-0.25, -0.2) is 0 Å². The van der Waals surface area contributed by atoms with E-state index in [2.05, 4.69) is 5.10 Å². The quantitative estimate of drug-likeness (QED) is 0.662. The monoisotopic (exact) mass is 415 g/mol. The molecular weight excluding hydrogens is 401 g/mol. The zero-order valence-corrected chi connectivity index (χ0v) is 16.6. The van der Waals surface area contributed by atoms with Crippen LogP contribution in [0.4, 0.5) is 5.69 Å². The molecule has 2 aromatic carbocycles. The largest absolute Gasteiger partial charge is 0.493 e. The molecule has 1 aliphatic rings. The van der Waals surface area contributed by atoms with Crippen molar-refractivity contribution in [2.75, 3.05) is 18.7 Å². The van der Waals surface area contributed by atoms with Gasteiger partial charge in [0.15, 0.2) is 18.1 Å². The first kappa shape index (κ1) is 19.7. The Bertz CT molecular complexity index is 1040. The second-order valence-corrected chi connectivity index (χ2v) is 6.60. The Morgan fingerprint density at radius 2 is 2.04 bits per heavy atom. The molecule has 0 spiro atoms. The predicted octanol–water partition coefficient (Wildman–Crippen LogP) is 4.71. The first-order valence-electron chi connectivity index (χ1n) is 8.19. The Morgan fingerprint density at radius 3 is 2.71 bits per heavy atom. The van der Waals surface area contributed by atoms with Crippen LogP contribution in [-0.4, -0.2) is 25.3 Å². The van der Waals surface area contributed by atoms with E-state index >= 15 is 0 Å². The second kappa shape index (κ2) is 8.34. The Kier molecular flexibility index (Phi) is 5.88. The maximum atomic E-state index is 12.9. The summed E-state index contributed by atoms with van der Waals surface area (Å²) >= 11 is 12.0. The van der Waals surface area contributed by atoms with Gasteiger partial charge in [-0.05, 0) is 37.3 Å². The molecule has 2 aromatic rings. The fraction of sp³-hybridized carbons (Fsp3) is 0.150. The number of nitrogens with zero attached hydrogens (tertiary/aromatic N) is 3. The lowest BCUT2D eigenvalue weighted by atomic mass is 10.1. The number of halogens is 2. The van der Waals surface area contributed by atoms with Gasteiger partial charge in [0.1, 0.15) is 6.07 Å². The van der Waals surface area contributed by atoms with Crippen molar-refractivity contribution in [3.63, 3.8) is 0 Å². The standard InChI is InChI=1S/C20H15Cl2N3O3/c1-12-15(10-13-4-3-5-18(27-2)19(13)28-9-8-23)20(26)25(24-12)14-6-7-16(21)17(22)11-14/h3-7,10-11H,9H2,1-2H3/b15-10+. The van der Waals surface area contributed by atoms with E-state index in [4.69, 9.17) is 37.9 Å². The average Bonchev–Trinajstić information content (AvgIpc) is 2.97. The van der Waals surface area contributed by atoms with Gasteiger partial charge in [0, 0.05) is 5.56 Å². The Morgan fingerprint density at radius 1 is 1.25 bits per heavy atom. The zero-order valence-electron chi connectivity index (χ0n) is 15.1. The van der Waals surface area contributed by atoms with Gasteiger partial charge < -0.3 is 9.47 Å². The molecular formula is C20H15Cl2N3O3. The van der Waals surface area contributed by atoms with Crippen LogP contribution in [0.5, 0.6) is 11.5 Å². The van der Waals surface area contributed by atoms with Gasteiger partial charge in [0.05, 0.1) is 34.1 Å². The first-order valence-corrected chi connectivity index (χ1v) is 8.95. The van der Waals surface area contributed by atoms with E-state index in [-0.39, 0.29) is 12.5 Å². The highest BCUT2D eigenvalue weighted by molar-refractivity contribution is 6.42. The van der Waals surface area contributed by atoms with Gasteiger partial charge >= 0.3 is 0 Å². The van der Waals surface area contributed by atoms with Crippen LogP contribution in [0, 0.1) is 11.3 Å². The summed E-state index contributed by atoms with van der Waals surface area (Å²) < 4.78 is 10.8. The summed E-state index contributed by atoms with van der Waals surface area (Å²) in [5.74, 6) is 0.531. The summed E-state index contributed by atoms with van der Waals surface area (Å²) in [6.45, 7) is 1.59. The molecule has 3 rings (SSSR count). The average molecular weight is 416 g/mol. The molecule has 0 atom stereocenters. The van der Waals surface area contributed by atoms with Crippen molar-refractivity contribution >= 4 is 46.6 Å². The molecule has 0 bridgehead atoms. The molecule has 142 valence electrons. The van der Waals surface area contributed by atoms with Gasteiger partial charge in [-0.2, -0.15) is 15.4 Å². The van der Waals surface area contributed by atoms with Crippen LogP contribution in [-0.2, 0) is 4.79 Å². The number of hydrazone groups is 1. The highest BCUT2D eigenvalue weighted by Gasteiger charge is 2.29. The normalized spacial score (nSPS) is 14.8. The molecule has 0 aliphatic carbocycles. The molecule has 8 heteroatoms. The highest BCUT2D eigenvalue weighted by Crippen LogP contribution is 2.35. The number of carbonyl (C=O) groups is 1. The smallest absolute Gasteiger partial charge is 0.280 e. The highest BCUT2D eigenvalue weighted by atomic mass is 35.5. The topological polar surface area (TPSA) is 74.9 Å². The summed E-state index contributed by atoms with van der Waals surface area (Å²) in [5, 5.41) is 15.1. The second-order valence-electron chi connectivity index (χ2n) is 5.78. The molecule has 0 saturated heterocycles. The molecule has 6 nitrogen and oxygen atoms in total. The van der Waals surface area contributed by atoms with Crippen molar-refractivity contribution in [2.45, 2.75) is 6.92 Å². The number of rotatable bonds is 5. The molecule has 1 aliphatic heterocycles. The van der Waals surface area contributed by atoms with E-state index in [1.165, 1.54) is 12.1 Å². The summed E-state index contributed by atoms with van der Waals surface area (Å²) in [6.07, 6.45) is 1.66. The third-order valence-electron chi connectivity index (χ3n) is 4.02. The molecule has 28 heavy (non-hydrogen) atoms. The maximum Gasteiger partial charge on any atom is 0.280 e. The fourth-order valence-corrected chi connectivity index (χ4v) is 2.99. The number of methoxy groups -OCH3 is 1. The maximum absolute atomic E-state index is 12.9. The summed E-state index contributed by atoms with van der Waals surface area (Å²) in [6, 6.07) is 12.0. The van der Waals surface area contributed by atoms with Crippen LogP contribution in [0.25, 0.3) is 6.08 Å². The number of nitriles is 1. The summed E-state index contributed by atoms with van der Waals surface area (Å²) in [5.41, 5.74) is 2.03. The van der Waals surface area contributed by atoms with E-state index in [1.807, 2.05) is 6.07 Å². The Balaban J connectivity index is 2.00. The van der Waals surface area contributed by atoms with Crippen LogP contribution in [0.3, 0.4) is 0 Å².